The summed E-state index contributed by atoms with van der Waals surface area (Å²) in [6, 6.07) is 6.17. The fraction of sp³-hybridized carbons (Fsp3) is 0.294. The van der Waals surface area contributed by atoms with Gasteiger partial charge in [-0.05, 0) is 24.1 Å². The number of hydrogen-bond donors (Lipinski definition) is 1. The second-order valence-corrected chi connectivity index (χ2v) is 5.98. The van der Waals surface area contributed by atoms with Crippen LogP contribution in [-0.4, -0.2) is 31.1 Å². The number of halogens is 1. The minimum Gasteiger partial charge on any atom is -0.354 e. The topological polar surface area (TPSA) is 90.9 Å². The van der Waals surface area contributed by atoms with Gasteiger partial charge in [0.1, 0.15) is 12.4 Å². The van der Waals surface area contributed by atoms with Crippen LogP contribution in [0.4, 0.5) is 4.39 Å². The highest BCUT2D eigenvalue weighted by Crippen LogP contribution is 2.06. The first-order valence-electron chi connectivity index (χ1n) is 8.00. The maximum Gasteiger partial charge on any atom is 0.332 e. The highest BCUT2D eigenvalue weighted by atomic mass is 19.1. The quantitative estimate of drug-likeness (QED) is 0.691. The van der Waals surface area contributed by atoms with E-state index in [2.05, 4.69) is 10.3 Å². The molecule has 1 aromatic carbocycles. The van der Waals surface area contributed by atoms with E-state index in [1.165, 1.54) is 41.7 Å². The van der Waals surface area contributed by atoms with Gasteiger partial charge < -0.3 is 9.88 Å². The predicted molar refractivity (Wildman–Crippen MR) is 93.3 cm³/mol. The summed E-state index contributed by atoms with van der Waals surface area (Å²) < 4.78 is 16.8. The van der Waals surface area contributed by atoms with Crippen molar-refractivity contribution in [2.45, 2.75) is 13.0 Å². The van der Waals surface area contributed by atoms with Gasteiger partial charge in [-0.2, -0.15) is 0 Å². The summed E-state index contributed by atoms with van der Waals surface area (Å²) in [5, 5.41) is 2.73. The van der Waals surface area contributed by atoms with Crippen LogP contribution in [0.3, 0.4) is 0 Å². The fourth-order valence-electron chi connectivity index (χ4n) is 2.77. The lowest BCUT2D eigenvalue weighted by atomic mass is 10.1. The standard InChI is InChI=1S/C17H18FN5O3/c1-21-15-14(16(25)22(2)17(21)26)23(10-20-15)9-13(24)19-7-6-11-4-3-5-12(18)8-11/h3-5,8,10H,6-7,9H2,1-2H3,(H,19,24). The van der Waals surface area contributed by atoms with Gasteiger partial charge in [0.15, 0.2) is 11.2 Å². The molecule has 26 heavy (non-hydrogen) atoms. The minimum absolute atomic E-state index is 0.104. The van der Waals surface area contributed by atoms with E-state index in [1.807, 2.05) is 0 Å². The van der Waals surface area contributed by atoms with Crippen molar-refractivity contribution in [3.63, 3.8) is 0 Å². The third kappa shape index (κ3) is 3.28. The van der Waals surface area contributed by atoms with E-state index in [4.69, 9.17) is 0 Å². The zero-order chi connectivity index (χ0) is 18.8. The second-order valence-electron chi connectivity index (χ2n) is 5.98. The number of benzene rings is 1. The zero-order valence-corrected chi connectivity index (χ0v) is 14.4. The predicted octanol–water partition coefficient (Wildman–Crippen LogP) is -0.0683. The molecule has 1 amide bonds. The first-order chi connectivity index (χ1) is 12.4. The number of aromatic nitrogens is 4. The number of nitrogens with zero attached hydrogens (tertiary/aromatic N) is 4. The van der Waals surface area contributed by atoms with Crippen molar-refractivity contribution in [1.29, 1.82) is 0 Å². The molecule has 0 aliphatic rings. The fourth-order valence-corrected chi connectivity index (χ4v) is 2.77. The Kier molecular flexibility index (Phi) is 4.70. The van der Waals surface area contributed by atoms with Crippen molar-refractivity contribution in [2.24, 2.45) is 14.1 Å². The molecular weight excluding hydrogens is 341 g/mol. The lowest BCUT2D eigenvalue weighted by molar-refractivity contribution is -0.121. The first kappa shape index (κ1) is 17.6. The molecule has 136 valence electrons. The Morgan fingerprint density at radius 2 is 2.00 bits per heavy atom. The summed E-state index contributed by atoms with van der Waals surface area (Å²) in [6.07, 6.45) is 1.85. The van der Waals surface area contributed by atoms with Crippen molar-refractivity contribution in [1.82, 2.24) is 24.0 Å². The third-order valence-corrected chi connectivity index (χ3v) is 4.16. The van der Waals surface area contributed by atoms with Crippen molar-refractivity contribution in [3.8, 4) is 0 Å². The van der Waals surface area contributed by atoms with Crippen LogP contribution < -0.4 is 16.6 Å². The molecular formula is C17H18FN5O3. The van der Waals surface area contributed by atoms with Gasteiger partial charge >= 0.3 is 5.69 Å². The van der Waals surface area contributed by atoms with Gasteiger partial charge in [-0.1, -0.05) is 12.1 Å². The summed E-state index contributed by atoms with van der Waals surface area (Å²) in [5.74, 6) is -0.628. The largest absolute Gasteiger partial charge is 0.354 e. The number of carbonyl (C=O) groups excluding carboxylic acids is 1. The van der Waals surface area contributed by atoms with Gasteiger partial charge in [-0.15, -0.1) is 0 Å². The van der Waals surface area contributed by atoms with E-state index in [0.29, 0.717) is 13.0 Å². The Bertz CT molecular complexity index is 1100. The Labute approximate surface area is 147 Å². The molecule has 0 bridgehead atoms. The molecule has 2 aromatic heterocycles. The molecule has 0 spiro atoms. The molecule has 1 N–H and O–H groups in total. The maximum absolute atomic E-state index is 13.1. The molecule has 2 heterocycles. The van der Waals surface area contributed by atoms with Crippen LogP contribution in [0.1, 0.15) is 5.56 Å². The van der Waals surface area contributed by atoms with E-state index in [9.17, 15) is 18.8 Å². The van der Waals surface area contributed by atoms with Crippen molar-refractivity contribution in [2.75, 3.05) is 6.54 Å². The van der Waals surface area contributed by atoms with Crippen LogP contribution in [-0.2, 0) is 31.9 Å². The Hall–Kier alpha value is -3.23. The van der Waals surface area contributed by atoms with Crippen LogP contribution in [0.25, 0.3) is 11.2 Å². The molecule has 0 aliphatic carbocycles. The van der Waals surface area contributed by atoms with Gasteiger partial charge in [0, 0.05) is 20.6 Å². The molecule has 0 aliphatic heterocycles. The minimum atomic E-state index is -0.506. The first-order valence-corrected chi connectivity index (χ1v) is 8.00. The summed E-state index contributed by atoms with van der Waals surface area (Å²) >= 11 is 0. The normalized spacial score (nSPS) is 11.0. The van der Waals surface area contributed by atoms with Gasteiger partial charge in [0.2, 0.25) is 5.91 Å². The van der Waals surface area contributed by atoms with E-state index in [1.54, 1.807) is 12.1 Å². The number of imidazole rings is 1. The average Bonchev–Trinajstić information content (AvgIpc) is 3.02. The van der Waals surface area contributed by atoms with E-state index in [-0.39, 0.29) is 29.4 Å². The van der Waals surface area contributed by atoms with Crippen LogP contribution >= 0.6 is 0 Å². The number of fused-ring (bicyclic) bond motifs is 1. The van der Waals surface area contributed by atoms with Crippen LogP contribution in [0.2, 0.25) is 0 Å². The van der Waals surface area contributed by atoms with Gasteiger partial charge in [-0.3, -0.25) is 18.7 Å². The third-order valence-electron chi connectivity index (χ3n) is 4.16. The molecule has 8 nitrogen and oxygen atoms in total. The summed E-state index contributed by atoms with van der Waals surface area (Å²) in [7, 11) is 2.89. The molecule has 0 atom stereocenters. The van der Waals surface area contributed by atoms with E-state index in [0.717, 1.165) is 10.1 Å². The Balaban J connectivity index is 1.72. The van der Waals surface area contributed by atoms with Crippen LogP contribution in [0.5, 0.6) is 0 Å². The number of nitrogens with one attached hydrogen (secondary N) is 1. The average molecular weight is 359 g/mol. The molecule has 0 unspecified atom stereocenters. The molecule has 9 heteroatoms. The molecule has 0 saturated carbocycles. The Morgan fingerprint density at radius 1 is 1.23 bits per heavy atom. The maximum atomic E-state index is 13.1. The molecule has 3 aromatic rings. The number of amides is 1. The van der Waals surface area contributed by atoms with Crippen LogP contribution in [0, 0.1) is 5.82 Å². The van der Waals surface area contributed by atoms with Crippen LogP contribution in [0.15, 0.2) is 40.2 Å². The smallest absolute Gasteiger partial charge is 0.332 e. The summed E-state index contributed by atoms with van der Waals surface area (Å²) in [4.78, 5) is 40.4. The number of carbonyl (C=O) groups is 1. The van der Waals surface area contributed by atoms with Crippen molar-refractivity contribution < 1.29 is 9.18 Å². The van der Waals surface area contributed by atoms with Gasteiger partial charge in [-0.25, -0.2) is 14.2 Å². The SMILES string of the molecule is Cn1c(=O)c2c(ncn2CC(=O)NCCc2cccc(F)c2)n(C)c1=O. The van der Waals surface area contributed by atoms with E-state index >= 15 is 0 Å². The monoisotopic (exact) mass is 359 g/mol. The van der Waals surface area contributed by atoms with Crippen molar-refractivity contribution >= 4 is 17.1 Å². The summed E-state index contributed by atoms with van der Waals surface area (Å²) in [5.41, 5.74) is 0.211. The number of aryl methyl sites for hydroxylation is 1. The Morgan fingerprint density at radius 3 is 2.73 bits per heavy atom. The van der Waals surface area contributed by atoms with Crippen molar-refractivity contribution in [3.05, 3.63) is 62.8 Å². The van der Waals surface area contributed by atoms with Gasteiger partial charge in [0.05, 0.1) is 6.33 Å². The molecule has 0 radical (unpaired) electrons. The zero-order valence-electron chi connectivity index (χ0n) is 14.4. The highest BCUT2D eigenvalue weighted by Gasteiger charge is 2.15. The van der Waals surface area contributed by atoms with E-state index < -0.39 is 11.2 Å². The highest BCUT2D eigenvalue weighted by molar-refractivity contribution is 5.78. The number of rotatable bonds is 5. The summed E-state index contributed by atoms with van der Waals surface area (Å²) in [6.45, 7) is 0.235. The molecule has 0 saturated heterocycles. The van der Waals surface area contributed by atoms with Gasteiger partial charge in [0.25, 0.3) is 5.56 Å². The number of hydrogen-bond acceptors (Lipinski definition) is 4. The molecule has 3 rings (SSSR count). The molecule has 0 fully saturated rings. The second kappa shape index (κ2) is 6.95. The lowest BCUT2D eigenvalue weighted by Crippen LogP contribution is -2.38. The lowest BCUT2D eigenvalue weighted by Gasteiger charge is -2.08.